The van der Waals surface area contributed by atoms with Crippen LogP contribution in [-0.4, -0.2) is 48.4 Å². The minimum absolute atomic E-state index is 0.139. The number of esters is 1. The summed E-state index contributed by atoms with van der Waals surface area (Å²) in [5.74, 6) is -0.379. The number of aliphatic hydroxyl groups is 1. The summed E-state index contributed by atoms with van der Waals surface area (Å²) < 4.78 is 6.03. The Bertz CT molecular complexity index is 561. The van der Waals surface area contributed by atoms with E-state index < -0.39 is 0 Å². The molecule has 0 aromatic heterocycles. The third-order valence-electron chi connectivity index (χ3n) is 5.90. The van der Waals surface area contributed by atoms with Gasteiger partial charge in [-0.25, -0.2) is 4.79 Å². The quantitative estimate of drug-likeness (QED) is 0.137. The number of hydrogen-bond donors (Lipinski definition) is 1. The van der Waals surface area contributed by atoms with E-state index >= 15 is 0 Å². The molecule has 0 spiro atoms. The number of carbonyl (C=O) groups is 1. The third-order valence-corrected chi connectivity index (χ3v) is 5.90. The van der Waals surface area contributed by atoms with Gasteiger partial charge in [-0.1, -0.05) is 95.2 Å². The van der Waals surface area contributed by atoms with Crippen LogP contribution in [0.1, 0.15) is 76.7 Å². The van der Waals surface area contributed by atoms with Crippen molar-refractivity contribution in [1.29, 1.82) is 0 Å². The molecular weight excluding hydrogens is 374 g/mol. The Kier molecular flexibility index (Phi) is 15.0. The van der Waals surface area contributed by atoms with E-state index in [1.54, 1.807) is 0 Å². The van der Waals surface area contributed by atoms with E-state index in [9.17, 15) is 9.90 Å². The van der Waals surface area contributed by atoms with Crippen molar-refractivity contribution >= 4 is 5.97 Å². The number of ether oxygens (including phenoxy) is 1. The summed E-state index contributed by atoms with van der Waals surface area (Å²) in [6, 6.07) is 10.4. The molecule has 0 aliphatic rings. The molecule has 0 bridgehead atoms. The Labute approximate surface area is 184 Å². The van der Waals surface area contributed by atoms with Crippen molar-refractivity contribution in [2.75, 3.05) is 32.8 Å². The van der Waals surface area contributed by atoms with Gasteiger partial charge in [0.15, 0.2) is 0 Å². The van der Waals surface area contributed by atoms with Crippen LogP contribution >= 0.6 is 0 Å². The molecule has 0 radical (unpaired) electrons. The highest BCUT2D eigenvalue weighted by molar-refractivity contribution is 5.81. The van der Waals surface area contributed by atoms with Crippen LogP contribution in [0.3, 0.4) is 0 Å². The number of quaternary nitrogens is 1. The number of hydrogen-bond acceptors (Lipinski definition) is 3. The molecule has 1 N–H and O–H groups in total. The van der Waals surface area contributed by atoms with Crippen LogP contribution in [0, 0.1) is 0 Å². The van der Waals surface area contributed by atoms with E-state index in [-0.39, 0.29) is 12.6 Å². The monoisotopic (exact) mass is 418 g/mol. The summed E-state index contributed by atoms with van der Waals surface area (Å²) >= 11 is 0. The lowest BCUT2D eigenvalue weighted by Crippen LogP contribution is -2.51. The van der Waals surface area contributed by atoms with Crippen molar-refractivity contribution < 1.29 is 19.1 Å². The highest BCUT2D eigenvalue weighted by Crippen LogP contribution is 2.18. The van der Waals surface area contributed by atoms with Crippen molar-refractivity contribution in [3.63, 3.8) is 0 Å². The average molecular weight is 419 g/mol. The zero-order valence-electron chi connectivity index (χ0n) is 19.2. The predicted octanol–water partition coefficient (Wildman–Crippen LogP) is 5.65. The molecule has 170 valence electrons. The molecule has 4 heteroatoms. The van der Waals surface area contributed by atoms with Crippen LogP contribution in [0.15, 0.2) is 43.0 Å². The Balaban J connectivity index is 2.50. The second-order valence-electron chi connectivity index (χ2n) is 8.43. The van der Waals surface area contributed by atoms with Gasteiger partial charge in [0.2, 0.25) is 0 Å². The van der Waals surface area contributed by atoms with E-state index in [0.29, 0.717) is 19.7 Å². The molecule has 0 saturated heterocycles. The Hall–Kier alpha value is -1.65. The fraction of sp³-hybridized carbons (Fsp3) is 0.654. The number of unbranched alkanes of at least 4 members (excludes halogenated alkanes) is 9. The van der Waals surface area contributed by atoms with Crippen LogP contribution in [0.4, 0.5) is 0 Å². The first-order chi connectivity index (χ1) is 14.7. The van der Waals surface area contributed by atoms with Crippen LogP contribution in [0.2, 0.25) is 0 Å². The topological polar surface area (TPSA) is 46.5 Å². The maximum absolute atomic E-state index is 11.5. The highest BCUT2D eigenvalue weighted by Gasteiger charge is 2.27. The van der Waals surface area contributed by atoms with Gasteiger partial charge in [-0.15, -0.1) is 0 Å². The first-order valence-corrected chi connectivity index (χ1v) is 11.9. The van der Waals surface area contributed by atoms with Gasteiger partial charge in [0.1, 0.15) is 26.2 Å². The zero-order chi connectivity index (χ0) is 21.9. The predicted molar refractivity (Wildman–Crippen MR) is 125 cm³/mol. The van der Waals surface area contributed by atoms with Gasteiger partial charge in [0.05, 0.1) is 13.2 Å². The van der Waals surface area contributed by atoms with Crippen molar-refractivity contribution in [3.05, 3.63) is 48.6 Å². The van der Waals surface area contributed by atoms with Crippen molar-refractivity contribution in [2.24, 2.45) is 0 Å². The molecule has 1 aromatic rings. The summed E-state index contributed by atoms with van der Waals surface area (Å²) in [5.41, 5.74) is 1.26. The third kappa shape index (κ3) is 12.1. The summed E-state index contributed by atoms with van der Waals surface area (Å²) in [6.45, 7) is 9.46. The summed E-state index contributed by atoms with van der Waals surface area (Å²) in [4.78, 5) is 11.5. The number of carbonyl (C=O) groups excluding carboxylic acids is 1. The number of nitrogens with zero attached hydrogens (tertiary/aromatic N) is 1. The second kappa shape index (κ2) is 17.1. The van der Waals surface area contributed by atoms with E-state index in [1.165, 1.54) is 69.4 Å². The first-order valence-electron chi connectivity index (χ1n) is 11.9. The summed E-state index contributed by atoms with van der Waals surface area (Å²) in [5, 5.41) is 9.76. The summed E-state index contributed by atoms with van der Waals surface area (Å²) in [7, 11) is 0. The molecule has 4 nitrogen and oxygen atoms in total. The van der Waals surface area contributed by atoms with Gasteiger partial charge < -0.3 is 14.3 Å². The molecule has 0 amide bonds. The van der Waals surface area contributed by atoms with Gasteiger partial charge >= 0.3 is 5.97 Å². The molecule has 0 saturated carbocycles. The lowest BCUT2D eigenvalue weighted by molar-refractivity contribution is -0.941. The smallest absolute Gasteiger partial charge is 0.330 e. The number of aliphatic hydroxyl groups excluding tert-OH is 1. The normalized spacial score (nSPS) is 13.0. The standard InChI is InChI=1S/C26H44NO3/c1-3-5-6-7-8-9-10-11-12-16-19-27(20-22-28,21-23-30-26(29)4-2)24-25-17-14-13-15-18-25/h4,13-15,17-18,28H,2-3,5-12,16,19-24H2,1H3/q+1. The molecule has 30 heavy (non-hydrogen) atoms. The average Bonchev–Trinajstić information content (AvgIpc) is 2.76. The molecule has 0 aliphatic carbocycles. The van der Waals surface area contributed by atoms with Gasteiger partial charge in [-0.2, -0.15) is 0 Å². The molecule has 1 rings (SSSR count). The minimum Gasteiger partial charge on any atom is -0.457 e. The molecule has 0 fully saturated rings. The van der Waals surface area contributed by atoms with Crippen LogP contribution in [-0.2, 0) is 16.1 Å². The van der Waals surface area contributed by atoms with E-state index in [4.69, 9.17) is 4.74 Å². The van der Waals surface area contributed by atoms with Crippen molar-refractivity contribution in [3.8, 4) is 0 Å². The Morgan fingerprint density at radius 2 is 1.53 bits per heavy atom. The number of benzene rings is 1. The van der Waals surface area contributed by atoms with E-state index in [0.717, 1.165) is 24.0 Å². The second-order valence-corrected chi connectivity index (χ2v) is 8.43. The minimum atomic E-state index is -0.379. The molecule has 0 heterocycles. The van der Waals surface area contributed by atoms with Crippen LogP contribution in [0.25, 0.3) is 0 Å². The van der Waals surface area contributed by atoms with Gasteiger partial charge in [0.25, 0.3) is 0 Å². The lowest BCUT2D eigenvalue weighted by atomic mass is 10.1. The maximum atomic E-state index is 11.5. The largest absolute Gasteiger partial charge is 0.457 e. The SMILES string of the molecule is C=CC(=O)OCC[N+](CCO)(CCCCCCCCCCCC)Cc1ccccc1. The van der Waals surface area contributed by atoms with E-state index in [2.05, 4.69) is 37.8 Å². The van der Waals surface area contributed by atoms with Gasteiger partial charge in [0, 0.05) is 11.6 Å². The van der Waals surface area contributed by atoms with E-state index in [1.807, 2.05) is 6.07 Å². The highest BCUT2D eigenvalue weighted by atomic mass is 16.5. The summed E-state index contributed by atoms with van der Waals surface area (Å²) in [6.07, 6.45) is 14.3. The molecular formula is C26H44NO3+. The lowest BCUT2D eigenvalue weighted by Gasteiger charge is -2.38. The molecule has 1 atom stereocenters. The number of rotatable bonds is 19. The maximum Gasteiger partial charge on any atom is 0.330 e. The fourth-order valence-corrected chi connectivity index (χ4v) is 4.09. The first kappa shape index (κ1) is 26.4. The fourth-order valence-electron chi connectivity index (χ4n) is 4.09. The molecule has 1 unspecified atom stereocenters. The van der Waals surface area contributed by atoms with Crippen LogP contribution in [0.5, 0.6) is 0 Å². The zero-order valence-corrected chi connectivity index (χ0v) is 19.2. The van der Waals surface area contributed by atoms with Crippen molar-refractivity contribution in [1.82, 2.24) is 0 Å². The van der Waals surface area contributed by atoms with Crippen molar-refractivity contribution in [2.45, 2.75) is 77.7 Å². The molecule has 0 aliphatic heterocycles. The Morgan fingerprint density at radius 3 is 2.10 bits per heavy atom. The Morgan fingerprint density at radius 1 is 0.933 bits per heavy atom. The molecule has 1 aromatic carbocycles. The van der Waals surface area contributed by atoms with Gasteiger partial charge in [-0.3, -0.25) is 0 Å². The van der Waals surface area contributed by atoms with Crippen LogP contribution < -0.4 is 0 Å². The van der Waals surface area contributed by atoms with Gasteiger partial charge in [-0.05, 0) is 12.8 Å².